The Hall–Kier alpha value is -1.20. The van der Waals surface area contributed by atoms with Gasteiger partial charge in [-0.2, -0.15) is 0 Å². The van der Waals surface area contributed by atoms with E-state index in [4.69, 9.17) is 21.4 Å². The highest BCUT2D eigenvalue weighted by atomic mass is 35.5. The number of hydrogen-bond acceptors (Lipinski definition) is 4. The molecule has 0 amide bonds. The van der Waals surface area contributed by atoms with Crippen molar-refractivity contribution in [2.75, 3.05) is 7.11 Å². The first-order valence-corrected chi connectivity index (χ1v) is 3.77. The molecule has 1 heterocycles. The molecule has 0 unspecified atom stereocenters. The lowest BCUT2D eigenvalue weighted by Gasteiger charge is -2.00. The van der Waals surface area contributed by atoms with E-state index in [0.29, 0.717) is 0 Å². The SMILES string of the molecule is COCc1nc(Cl)cc(C(=O)O)n1. The highest BCUT2D eigenvalue weighted by Crippen LogP contribution is 2.07. The predicted molar refractivity (Wildman–Crippen MR) is 44.7 cm³/mol. The second-order valence-corrected chi connectivity index (χ2v) is 2.62. The second-order valence-electron chi connectivity index (χ2n) is 2.23. The molecule has 0 aliphatic rings. The molecule has 0 bridgehead atoms. The highest BCUT2D eigenvalue weighted by Gasteiger charge is 2.08. The fourth-order valence-electron chi connectivity index (χ4n) is 0.768. The molecule has 0 radical (unpaired) electrons. The minimum Gasteiger partial charge on any atom is -0.477 e. The smallest absolute Gasteiger partial charge is 0.354 e. The molecule has 13 heavy (non-hydrogen) atoms. The van der Waals surface area contributed by atoms with E-state index >= 15 is 0 Å². The van der Waals surface area contributed by atoms with E-state index in [1.54, 1.807) is 0 Å². The van der Waals surface area contributed by atoms with Crippen molar-refractivity contribution in [3.63, 3.8) is 0 Å². The molecule has 1 aromatic rings. The molecule has 1 rings (SSSR count). The summed E-state index contributed by atoms with van der Waals surface area (Å²) in [5.41, 5.74) is -0.132. The van der Waals surface area contributed by atoms with Crippen LogP contribution in [0.25, 0.3) is 0 Å². The Morgan fingerprint density at radius 2 is 2.38 bits per heavy atom. The van der Waals surface area contributed by atoms with E-state index < -0.39 is 5.97 Å². The van der Waals surface area contributed by atoms with Crippen molar-refractivity contribution in [3.8, 4) is 0 Å². The van der Waals surface area contributed by atoms with Gasteiger partial charge >= 0.3 is 5.97 Å². The minimum absolute atomic E-state index is 0.0967. The number of methoxy groups -OCH3 is 1. The molecule has 1 N–H and O–H groups in total. The number of aromatic nitrogens is 2. The molecular weight excluding hydrogens is 196 g/mol. The molecule has 5 nitrogen and oxygen atoms in total. The first kappa shape index (κ1) is 9.88. The molecule has 0 saturated carbocycles. The van der Waals surface area contributed by atoms with E-state index in [9.17, 15) is 4.79 Å². The van der Waals surface area contributed by atoms with Crippen molar-refractivity contribution in [3.05, 3.63) is 22.7 Å². The summed E-state index contributed by atoms with van der Waals surface area (Å²) >= 11 is 5.56. The summed E-state index contributed by atoms with van der Waals surface area (Å²) in [6, 6.07) is 1.18. The van der Waals surface area contributed by atoms with Gasteiger partial charge < -0.3 is 9.84 Å². The van der Waals surface area contributed by atoms with Crippen LogP contribution in [0.3, 0.4) is 0 Å². The predicted octanol–water partition coefficient (Wildman–Crippen LogP) is 0.975. The van der Waals surface area contributed by atoms with Crippen LogP contribution in [0.4, 0.5) is 0 Å². The molecule has 0 fully saturated rings. The van der Waals surface area contributed by atoms with Crippen molar-refractivity contribution in [1.29, 1.82) is 0 Å². The van der Waals surface area contributed by atoms with E-state index in [1.165, 1.54) is 13.2 Å². The van der Waals surface area contributed by atoms with Crippen molar-refractivity contribution in [1.82, 2.24) is 9.97 Å². The Bertz CT molecular complexity index is 330. The fourth-order valence-corrected chi connectivity index (χ4v) is 0.969. The summed E-state index contributed by atoms with van der Waals surface area (Å²) in [7, 11) is 1.46. The standard InChI is InChI=1S/C7H7ClN2O3/c1-13-3-6-9-4(7(11)12)2-5(8)10-6/h2H,3H2,1H3,(H,11,12). The number of halogens is 1. The van der Waals surface area contributed by atoms with E-state index in [0.717, 1.165) is 0 Å². The third-order valence-electron chi connectivity index (χ3n) is 1.23. The van der Waals surface area contributed by atoms with Gasteiger partial charge in [-0.25, -0.2) is 14.8 Å². The van der Waals surface area contributed by atoms with Gasteiger partial charge in [0.2, 0.25) is 0 Å². The lowest BCUT2D eigenvalue weighted by molar-refractivity contribution is 0.0689. The van der Waals surface area contributed by atoms with E-state index in [1.807, 2.05) is 0 Å². The van der Waals surface area contributed by atoms with Gasteiger partial charge in [-0.3, -0.25) is 0 Å². The maximum atomic E-state index is 10.5. The van der Waals surface area contributed by atoms with Gasteiger partial charge in [0.15, 0.2) is 11.5 Å². The van der Waals surface area contributed by atoms with Crippen LogP contribution in [0.1, 0.15) is 16.3 Å². The quantitative estimate of drug-likeness (QED) is 0.740. The number of rotatable bonds is 3. The van der Waals surface area contributed by atoms with Gasteiger partial charge in [-0.15, -0.1) is 0 Å². The van der Waals surface area contributed by atoms with Gasteiger partial charge in [0.1, 0.15) is 11.8 Å². The second kappa shape index (κ2) is 4.15. The summed E-state index contributed by atoms with van der Waals surface area (Å²) in [6.45, 7) is 0.140. The Morgan fingerprint density at radius 3 is 2.92 bits per heavy atom. The third-order valence-corrected chi connectivity index (χ3v) is 1.43. The molecule has 0 atom stereocenters. The van der Waals surface area contributed by atoms with Crippen LogP contribution < -0.4 is 0 Å². The zero-order valence-electron chi connectivity index (χ0n) is 6.82. The summed E-state index contributed by atoms with van der Waals surface area (Å²) in [6.07, 6.45) is 0. The number of carboxylic acid groups (broad SMARTS) is 1. The minimum atomic E-state index is -1.14. The first-order valence-electron chi connectivity index (χ1n) is 3.39. The molecule has 0 saturated heterocycles. The van der Waals surface area contributed by atoms with Crippen molar-refractivity contribution in [2.24, 2.45) is 0 Å². The first-order chi connectivity index (χ1) is 6.13. The maximum Gasteiger partial charge on any atom is 0.354 e. The summed E-state index contributed by atoms with van der Waals surface area (Å²) in [5.74, 6) is -0.881. The number of nitrogens with zero attached hydrogens (tertiary/aromatic N) is 2. The van der Waals surface area contributed by atoms with Crippen LogP contribution in [-0.2, 0) is 11.3 Å². The monoisotopic (exact) mass is 202 g/mol. The maximum absolute atomic E-state index is 10.5. The average molecular weight is 203 g/mol. The summed E-state index contributed by atoms with van der Waals surface area (Å²) in [4.78, 5) is 18.0. The van der Waals surface area contributed by atoms with Gasteiger partial charge in [0.05, 0.1) is 0 Å². The number of carbonyl (C=O) groups is 1. The molecule has 0 aliphatic heterocycles. The average Bonchev–Trinajstić information content (AvgIpc) is 2.03. The van der Waals surface area contributed by atoms with Crippen LogP contribution in [0.2, 0.25) is 5.15 Å². The zero-order chi connectivity index (χ0) is 9.84. The lowest BCUT2D eigenvalue weighted by Crippen LogP contribution is -2.06. The molecule has 0 spiro atoms. The van der Waals surface area contributed by atoms with Gasteiger partial charge in [-0.1, -0.05) is 11.6 Å². The normalized spacial score (nSPS) is 10.0. The number of ether oxygens (including phenoxy) is 1. The van der Waals surface area contributed by atoms with Crippen LogP contribution >= 0.6 is 11.6 Å². The Morgan fingerprint density at radius 1 is 1.69 bits per heavy atom. The van der Waals surface area contributed by atoms with Crippen LogP contribution in [-0.4, -0.2) is 28.2 Å². The van der Waals surface area contributed by atoms with Crippen molar-refractivity contribution in [2.45, 2.75) is 6.61 Å². The molecule has 70 valence electrons. The fraction of sp³-hybridized carbons (Fsp3) is 0.286. The molecule has 6 heteroatoms. The molecule has 0 aromatic carbocycles. The van der Waals surface area contributed by atoms with Crippen molar-refractivity contribution < 1.29 is 14.6 Å². The number of hydrogen-bond donors (Lipinski definition) is 1. The zero-order valence-corrected chi connectivity index (χ0v) is 7.58. The Balaban J connectivity index is 3.03. The topological polar surface area (TPSA) is 72.3 Å². The lowest BCUT2D eigenvalue weighted by atomic mass is 10.4. The third kappa shape index (κ3) is 2.64. The Kier molecular flexibility index (Phi) is 3.16. The highest BCUT2D eigenvalue weighted by molar-refractivity contribution is 6.29. The van der Waals surface area contributed by atoms with E-state index in [-0.39, 0.29) is 23.3 Å². The van der Waals surface area contributed by atoms with Crippen LogP contribution in [0.5, 0.6) is 0 Å². The summed E-state index contributed by atoms with van der Waals surface area (Å²) < 4.78 is 4.74. The largest absolute Gasteiger partial charge is 0.477 e. The summed E-state index contributed by atoms with van der Waals surface area (Å²) in [5, 5.41) is 8.71. The van der Waals surface area contributed by atoms with E-state index in [2.05, 4.69) is 9.97 Å². The Labute approximate surface area is 79.3 Å². The van der Waals surface area contributed by atoms with Gasteiger partial charge in [0.25, 0.3) is 0 Å². The number of carboxylic acids is 1. The molecule has 1 aromatic heterocycles. The van der Waals surface area contributed by atoms with Gasteiger partial charge in [-0.05, 0) is 0 Å². The number of aromatic carboxylic acids is 1. The van der Waals surface area contributed by atoms with Crippen LogP contribution in [0, 0.1) is 0 Å². The molecular formula is C7H7ClN2O3. The van der Waals surface area contributed by atoms with Crippen LogP contribution in [0.15, 0.2) is 6.07 Å². The molecule has 0 aliphatic carbocycles. The van der Waals surface area contributed by atoms with Crippen molar-refractivity contribution >= 4 is 17.6 Å². The van der Waals surface area contributed by atoms with Gasteiger partial charge in [0, 0.05) is 13.2 Å².